The quantitative estimate of drug-likeness (QED) is 0.279. The Morgan fingerprint density at radius 1 is 1.05 bits per heavy atom. The fraction of sp³-hybridized carbons (Fsp3) is 0.478. The van der Waals surface area contributed by atoms with Crippen molar-refractivity contribution in [1.29, 1.82) is 0 Å². The number of amides is 5. The average Bonchev–Trinajstić information content (AvgIpc) is 3.06. The van der Waals surface area contributed by atoms with Crippen LogP contribution in [-0.2, 0) is 19.2 Å². The third-order valence-corrected chi connectivity index (χ3v) is 5.50. The number of fused-ring (bicyclic) bond motifs is 1. The third kappa shape index (κ3) is 8.02. The number of rotatable bonds is 9. The maximum absolute atomic E-state index is 13.0. The smallest absolute Gasteiger partial charge is 0.475 e. The first kappa shape index (κ1) is 29.3. The number of nitrogens with zero attached hydrogens (tertiary/aromatic N) is 1. The Hall–Kier alpha value is -3.97. The van der Waals surface area contributed by atoms with E-state index in [0.29, 0.717) is 18.8 Å². The number of hydrogen-bond acceptors (Lipinski definition) is 7. The van der Waals surface area contributed by atoms with Crippen LogP contribution in [0.1, 0.15) is 66.2 Å². The summed E-state index contributed by atoms with van der Waals surface area (Å²) >= 11 is 0. The summed E-state index contributed by atoms with van der Waals surface area (Å²) in [5.41, 5.74) is 1.11. The molecule has 1 fully saturated rings. The number of hydrogen-bond donors (Lipinski definition) is 4. The van der Waals surface area contributed by atoms with Crippen molar-refractivity contribution < 1.29 is 47.0 Å². The van der Waals surface area contributed by atoms with Crippen LogP contribution in [0.15, 0.2) is 18.2 Å². The molecule has 2 aliphatic heterocycles. The molecule has 0 radical (unpaired) electrons. The van der Waals surface area contributed by atoms with E-state index in [1.807, 2.05) is 0 Å². The molecule has 1 aromatic rings. The average molecular weight is 528 g/mol. The molecular weight excluding hydrogens is 501 g/mol. The topological polar surface area (TPSA) is 162 Å². The highest BCUT2D eigenvalue weighted by Gasteiger charge is 2.45. The van der Waals surface area contributed by atoms with Crippen LogP contribution in [0.2, 0.25) is 0 Å². The van der Waals surface area contributed by atoms with Crippen molar-refractivity contribution in [3.63, 3.8) is 0 Å². The Kier molecular flexibility index (Phi) is 10.1. The van der Waals surface area contributed by atoms with Crippen LogP contribution in [0.4, 0.5) is 18.9 Å². The first-order valence-electron chi connectivity index (χ1n) is 11.5. The van der Waals surface area contributed by atoms with Gasteiger partial charge in [-0.05, 0) is 31.4 Å². The van der Waals surface area contributed by atoms with Gasteiger partial charge in [-0.15, -0.1) is 0 Å². The predicted molar refractivity (Wildman–Crippen MR) is 122 cm³/mol. The minimum Gasteiger partial charge on any atom is -0.475 e. The number of alkyl halides is 3. The van der Waals surface area contributed by atoms with Crippen LogP contribution in [-0.4, -0.2) is 70.8 Å². The van der Waals surface area contributed by atoms with Crippen molar-refractivity contribution in [2.24, 2.45) is 0 Å². The SMILES string of the molecule is CC(=O)NCCCCCCNc1cccc2c1C(=O)N(C1CCC(=O)NC1=O)C2=O.O=C(O)C(F)(F)F. The molecule has 37 heavy (non-hydrogen) atoms. The molecule has 0 spiro atoms. The minimum atomic E-state index is -5.08. The number of carboxylic acid groups (broad SMARTS) is 1. The minimum absolute atomic E-state index is 0.0276. The number of carbonyl (C=O) groups excluding carboxylic acids is 5. The number of aliphatic carboxylic acids is 1. The van der Waals surface area contributed by atoms with Crippen LogP contribution < -0.4 is 16.0 Å². The number of imide groups is 2. The number of anilines is 1. The maximum Gasteiger partial charge on any atom is 0.490 e. The van der Waals surface area contributed by atoms with E-state index in [-0.39, 0.29) is 29.9 Å². The van der Waals surface area contributed by atoms with Gasteiger partial charge in [0.15, 0.2) is 0 Å². The number of piperidine rings is 1. The van der Waals surface area contributed by atoms with Gasteiger partial charge in [0.1, 0.15) is 6.04 Å². The fourth-order valence-corrected chi connectivity index (χ4v) is 3.75. The molecule has 14 heteroatoms. The summed E-state index contributed by atoms with van der Waals surface area (Å²) in [6.45, 7) is 2.80. The second-order valence-electron chi connectivity index (χ2n) is 8.30. The number of carboxylic acids is 1. The van der Waals surface area contributed by atoms with Gasteiger partial charge >= 0.3 is 12.1 Å². The molecule has 4 N–H and O–H groups in total. The molecule has 11 nitrogen and oxygen atoms in total. The normalized spacial score (nSPS) is 17.0. The number of halogens is 3. The van der Waals surface area contributed by atoms with E-state index < -0.39 is 41.8 Å². The van der Waals surface area contributed by atoms with Crippen molar-refractivity contribution in [2.45, 2.75) is 57.7 Å². The lowest BCUT2D eigenvalue weighted by Crippen LogP contribution is -2.54. The Morgan fingerprint density at radius 2 is 1.68 bits per heavy atom. The van der Waals surface area contributed by atoms with Gasteiger partial charge < -0.3 is 15.7 Å². The number of unbranched alkanes of at least 4 members (excludes halogenated alkanes) is 3. The first-order valence-corrected chi connectivity index (χ1v) is 11.5. The molecule has 0 aromatic heterocycles. The Labute approximate surface area is 209 Å². The van der Waals surface area contributed by atoms with Crippen molar-refractivity contribution in [1.82, 2.24) is 15.5 Å². The highest BCUT2D eigenvalue weighted by Crippen LogP contribution is 2.32. The van der Waals surface area contributed by atoms with Crippen LogP contribution in [0, 0.1) is 0 Å². The molecule has 0 bridgehead atoms. The molecule has 0 aliphatic carbocycles. The molecule has 2 aliphatic rings. The van der Waals surface area contributed by atoms with Gasteiger partial charge in [0, 0.05) is 32.1 Å². The van der Waals surface area contributed by atoms with Gasteiger partial charge in [-0.1, -0.05) is 18.9 Å². The number of nitrogens with one attached hydrogen (secondary N) is 3. The second kappa shape index (κ2) is 12.8. The molecule has 3 rings (SSSR count). The van der Waals surface area contributed by atoms with Crippen molar-refractivity contribution in [2.75, 3.05) is 18.4 Å². The zero-order valence-corrected chi connectivity index (χ0v) is 19.9. The van der Waals surface area contributed by atoms with Crippen LogP contribution in [0.3, 0.4) is 0 Å². The summed E-state index contributed by atoms with van der Waals surface area (Å²) in [4.78, 5) is 70.0. The summed E-state index contributed by atoms with van der Waals surface area (Å²) in [6, 6.07) is 4.06. The Bertz CT molecular complexity index is 1070. The molecule has 1 unspecified atom stereocenters. The second-order valence-corrected chi connectivity index (χ2v) is 8.30. The zero-order chi connectivity index (χ0) is 27.8. The van der Waals surface area contributed by atoms with E-state index in [1.54, 1.807) is 18.2 Å². The number of carbonyl (C=O) groups is 6. The monoisotopic (exact) mass is 528 g/mol. The maximum atomic E-state index is 13.0. The predicted octanol–water partition coefficient (Wildman–Crippen LogP) is 1.83. The summed E-state index contributed by atoms with van der Waals surface area (Å²) in [6.07, 6.45) is -1.11. The van der Waals surface area contributed by atoms with Gasteiger partial charge in [-0.2, -0.15) is 13.2 Å². The van der Waals surface area contributed by atoms with Crippen molar-refractivity contribution >= 4 is 41.2 Å². The van der Waals surface area contributed by atoms with Crippen LogP contribution in [0.5, 0.6) is 0 Å². The van der Waals surface area contributed by atoms with Crippen LogP contribution in [0.25, 0.3) is 0 Å². The van der Waals surface area contributed by atoms with Gasteiger partial charge in [0.25, 0.3) is 11.8 Å². The standard InChI is InChI=1S/C21H26N4O5.C2HF3O2/c1-13(26)22-11-4-2-3-5-12-23-15-8-6-7-14-18(15)21(30)25(20(14)29)16-9-10-17(27)24-19(16)28;3-2(4,5)1(6)7/h6-8,16,23H,2-5,9-12H2,1H3,(H,22,26)(H,24,27,28);(H,6,7). The molecule has 1 aromatic carbocycles. The van der Waals surface area contributed by atoms with Crippen molar-refractivity contribution in [3.8, 4) is 0 Å². The highest BCUT2D eigenvalue weighted by atomic mass is 19.4. The molecule has 202 valence electrons. The van der Waals surface area contributed by atoms with Gasteiger partial charge in [-0.3, -0.25) is 34.2 Å². The molecular formula is C23H27F3N4O7. The van der Waals surface area contributed by atoms with E-state index in [4.69, 9.17) is 9.90 Å². The molecule has 5 amide bonds. The van der Waals surface area contributed by atoms with E-state index in [1.165, 1.54) is 6.92 Å². The van der Waals surface area contributed by atoms with Gasteiger partial charge in [-0.25, -0.2) is 4.79 Å². The molecule has 1 atom stereocenters. The summed E-state index contributed by atoms with van der Waals surface area (Å²) < 4.78 is 31.7. The zero-order valence-electron chi connectivity index (χ0n) is 19.9. The van der Waals surface area contributed by atoms with E-state index in [9.17, 15) is 37.1 Å². The molecule has 1 saturated heterocycles. The highest BCUT2D eigenvalue weighted by molar-refractivity contribution is 6.25. The molecule has 2 heterocycles. The molecule has 0 saturated carbocycles. The third-order valence-electron chi connectivity index (χ3n) is 5.50. The lowest BCUT2D eigenvalue weighted by molar-refractivity contribution is -0.192. The van der Waals surface area contributed by atoms with E-state index in [0.717, 1.165) is 30.6 Å². The van der Waals surface area contributed by atoms with Gasteiger partial charge in [0.2, 0.25) is 17.7 Å². The van der Waals surface area contributed by atoms with E-state index in [2.05, 4.69) is 16.0 Å². The largest absolute Gasteiger partial charge is 0.490 e. The lowest BCUT2D eigenvalue weighted by atomic mass is 10.0. The lowest BCUT2D eigenvalue weighted by Gasteiger charge is -2.27. The van der Waals surface area contributed by atoms with Crippen LogP contribution >= 0.6 is 0 Å². The van der Waals surface area contributed by atoms with E-state index >= 15 is 0 Å². The number of benzene rings is 1. The summed E-state index contributed by atoms with van der Waals surface area (Å²) in [7, 11) is 0. The summed E-state index contributed by atoms with van der Waals surface area (Å²) in [5.74, 6) is -4.82. The first-order chi connectivity index (χ1) is 17.3. The Balaban J connectivity index is 0.000000604. The fourth-order valence-electron chi connectivity index (χ4n) is 3.75. The van der Waals surface area contributed by atoms with Crippen molar-refractivity contribution in [3.05, 3.63) is 29.3 Å². The Morgan fingerprint density at radius 3 is 2.24 bits per heavy atom. The van der Waals surface area contributed by atoms with Gasteiger partial charge in [0.05, 0.1) is 11.1 Å². The summed E-state index contributed by atoms with van der Waals surface area (Å²) in [5, 5.41) is 15.3.